The van der Waals surface area contributed by atoms with Crippen LogP contribution in [0, 0.1) is 5.92 Å². The summed E-state index contributed by atoms with van der Waals surface area (Å²) >= 11 is 0. The van der Waals surface area contributed by atoms with E-state index >= 15 is 0 Å². The summed E-state index contributed by atoms with van der Waals surface area (Å²) in [7, 11) is 0. The second-order valence-corrected chi connectivity index (χ2v) is 7.29. The summed E-state index contributed by atoms with van der Waals surface area (Å²) in [6, 6.07) is 13.8. The summed E-state index contributed by atoms with van der Waals surface area (Å²) in [5.41, 5.74) is 1.85. The molecule has 6 nitrogen and oxygen atoms in total. The van der Waals surface area contributed by atoms with Crippen LogP contribution in [0.4, 0.5) is 5.69 Å². The van der Waals surface area contributed by atoms with Crippen molar-refractivity contribution in [1.82, 2.24) is 5.32 Å². The second-order valence-electron chi connectivity index (χ2n) is 7.29. The van der Waals surface area contributed by atoms with Crippen LogP contribution >= 0.6 is 0 Å². The van der Waals surface area contributed by atoms with Crippen LogP contribution in [-0.4, -0.2) is 17.8 Å². The molecule has 0 heterocycles. The van der Waals surface area contributed by atoms with E-state index in [1.807, 2.05) is 18.2 Å². The van der Waals surface area contributed by atoms with E-state index in [1.54, 1.807) is 24.3 Å². The standard InChI is InChI=1S/C23H26N2O4/c1-16(26)29-20-12-7-11-18(14-20)23(28)25-21-13-6-5-10-19(21)15-24-22(27)17-8-3-2-4-9-17/h5-7,10-14,17H,2-4,8-9,15H2,1H3,(H,24,27)(H,25,28). The second kappa shape index (κ2) is 9.87. The SMILES string of the molecule is CC(=O)Oc1cccc(C(=O)Nc2ccccc2CNC(=O)C2CCCCC2)c1. The van der Waals surface area contributed by atoms with Gasteiger partial charge in [-0.3, -0.25) is 14.4 Å². The molecule has 3 rings (SSSR count). The minimum Gasteiger partial charge on any atom is -0.427 e. The Kier molecular flexibility index (Phi) is 7.00. The van der Waals surface area contributed by atoms with Gasteiger partial charge in [-0.1, -0.05) is 43.5 Å². The van der Waals surface area contributed by atoms with Gasteiger partial charge >= 0.3 is 5.97 Å². The van der Waals surface area contributed by atoms with E-state index in [-0.39, 0.29) is 17.7 Å². The molecular formula is C23H26N2O4. The van der Waals surface area contributed by atoms with Gasteiger partial charge in [0, 0.05) is 30.6 Å². The van der Waals surface area contributed by atoms with Gasteiger partial charge in [0.15, 0.2) is 0 Å². The van der Waals surface area contributed by atoms with E-state index in [2.05, 4.69) is 10.6 Å². The Bertz CT molecular complexity index is 888. The van der Waals surface area contributed by atoms with Crippen molar-refractivity contribution in [1.29, 1.82) is 0 Å². The number of hydrogen-bond donors (Lipinski definition) is 2. The highest BCUT2D eigenvalue weighted by atomic mass is 16.5. The molecular weight excluding hydrogens is 368 g/mol. The van der Waals surface area contributed by atoms with Gasteiger partial charge in [0.05, 0.1) is 0 Å². The lowest BCUT2D eigenvalue weighted by Gasteiger charge is -2.21. The average molecular weight is 394 g/mol. The van der Waals surface area contributed by atoms with E-state index in [9.17, 15) is 14.4 Å². The predicted octanol–water partition coefficient (Wildman–Crippen LogP) is 4.06. The maximum Gasteiger partial charge on any atom is 0.308 e. The molecule has 152 valence electrons. The molecule has 6 heteroatoms. The van der Waals surface area contributed by atoms with Crippen LogP contribution in [0.5, 0.6) is 5.75 Å². The normalized spacial score (nSPS) is 14.1. The van der Waals surface area contributed by atoms with Crippen LogP contribution in [0.15, 0.2) is 48.5 Å². The number of ether oxygens (including phenoxy) is 1. The number of benzene rings is 2. The molecule has 29 heavy (non-hydrogen) atoms. The zero-order valence-corrected chi connectivity index (χ0v) is 16.6. The Hall–Kier alpha value is -3.15. The van der Waals surface area contributed by atoms with Crippen molar-refractivity contribution in [3.05, 3.63) is 59.7 Å². The number of rotatable bonds is 6. The highest BCUT2D eigenvalue weighted by Gasteiger charge is 2.21. The van der Waals surface area contributed by atoms with Crippen LogP contribution in [0.25, 0.3) is 0 Å². The maximum absolute atomic E-state index is 12.7. The highest BCUT2D eigenvalue weighted by molar-refractivity contribution is 6.05. The molecule has 0 spiro atoms. The number of anilines is 1. The van der Waals surface area contributed by atoms with Crippen molar-refractivity contribution >= 4 is 23.5 Å². The Morgan fingerprint density at radius 3 is 2.52 bits per heavy atom. The smallest absolute Gasteiger partial charge is 0.308 e. The van der Waals surface area contributed by atoms with Gasteiger partial charge in [0.2, 0.25) is 5.91 Å². The van der Waals surface area contributed by atoms with E-state index < -0.39 is 5.97 Å². The minimum atomic E-state index is -0.443. The minimum absolute atomic E-state index is 0.0833. The zero-order valence-electron chi connectivity index (χ0n) is 16.6. The number of para-hydroxylation sites is 1. The molecule has 0 atom stereocenters. The Morgan fingerprint density at radius 1 is 1.00 bits per heavy atom. The summed E-state index contributed by atoms with van der Waals surface area (Å²) in [4.78, 5) is 36.2. The summed E-state index contributed by atoms with van der Waals surface area (Å²) < 4.78 is 5.04. The first-order valence-corrected chi connectivity index (χ1v) is 9.98. The van der Waals surface area contributed by atoms with Crippen molar-refractivity contribution in [2.45, 2.75) is 45.6 Å². The third-order valence-electron chi connectivity index (χ3n) is 5.05. The molecule has 1 aliphatic carbocycles. The Morgan fingerprint density at radius 2 is 1.76 bits per heavy atom. The fourth-order valence-corrected chi connectivity index (χ4v) is 3.55. The van der Waals surface area contributed by atoms with Gasteiger partial charge < -0.3 is 15.4 Å². The van der Waals surface area contributed by atoms with Gasteiger partial charge in [0.1, 0.15) is 5.75 Å². The first kappa shape index (κ1) is 20.6. The monoisotopic (exact) mass is 394 g/mol. The van der Waals surface area contributed by atoms with Crippen molar-refractivity contribution < 1.29 is 19.1 Å². The number of carbonyl (C=O) groups excluding carboxylic acids is 3. The van der Waals surface area contributed by atoms with Crippen molar-refractivity contribution in [3.63, 3.8) is 0 Å². The first-order chi connectivity index (χ1) is 14.0. The third-order valence-corrected chi connectivity index (χ3v) is 5.05. The zero-order chi connectivity index (χ0) is 20.6. The van der Waals surface area contributed by atoms with Gasteiger partial charge in [0.25, 0.3) is 5.91 Å². The van der Waals surface area contributed by atoms with Crippen molar-refractivity contribution in [3.8, 4) is 5.75 Å². The fraction of sp³-hybridized carbons (Fsp3) is 0.348. The lowest BCUT2D eigenvalue weighted by molar-refractivity contribution is -0.132. The van der Waals surface area contributed by atoms with Crippen molar-refractivity contribution in [2.75, 3.05) is 5.32 Å². The van der Waals surface area contributed by atoms with Gasteiger partial charge in [-0.05, 0) is 42.7 Å². The average Bonchev–Trinajstić information content (AvgIpc) is 2.73. The molecule has 2 N–H and O–H groups in total. The van der Waals surface area contributed by atoms with Crippen LogP contribution in [0.1, 0.15) is 54.9 Å². The Labute approximate surface area is 170 Å². The molecule has 2 aromatic carbocycles. The van der Waals surface area contributed by atoms with E-state index in [0.29, 0.717) is 23.5 Å². The number of esters is 1. The molecule has 0 aromatic heterocycles. The largest absolute Gasteiger partial charge is 0.427 e. The molecule has 0 aliphatic heterocycles. The van der Waals surface area contributed by atoms with Crippen LogP contribution in [-0.2, 0) is 16.1 Å². The number of amides is 2. The molecule has 0 unspecified atom stereocenters. The fourth-order valence-electron chi connectivity index (χ4n) is 3.55. The number of carbonyl (C=O) groups is 3. The van der Waals surface area contributed by atoms with Crippen LogP contribution in [0.2, 0.25) is 0 Å². The lowest BCUT2D eigenvalue weighted by Crippen LogP contribution is -2.31. The highest BCUT2D eigenvalue weighted by Crippen LogP contribution is 2.24. The maximum atomic E-state index is 12.7. The van der Waals surface area contributed by atoms with Gasteiger partial charge in [-0.15, -0.1) is 0 Å². The summed E-state index contributed by atoms with van der Waals surface area (Å²) in [5, 5.41) is 5.88. The van der Waals surface area contributed by atoms with Gasteiger partial charge in [-0.25, -0.2) is 0 Å². The topological polar surface area (TPSA) is 84.5 Å². The molecule has 0 radical (unpaired) electrons. The first-order valence-electron chi connectivity index (χ1n) is 9.98. The quantitative estimate of drug-likeness (QED) is 0.572. The summed E-state index contributed by atoms with van der Waals surface area (Å²) in [6.07, 6.45) is 5.32. The molecule has 1 saturated carbocycles. The van der Waals surface area contributed by atoms with Crippen molar-refractivity contribution in [2.24, 2.45) is 5.92 Å². The van der Waals surface area contributed by atoms with Crippen LogP contribution in [0.3, 0.4) is 0 Å². The molecule has 1 aliphatic rings. The van der Waals surface area contributed by atoms with E-state index in [1.165, 1.54) is 19.4 Å². The van der Waals surface area contributed by atoms with E-state index in [0.717, 1.165) is 31.2 Å². The molecule has 1 fully saturated rings. The Balaban J connectivity index is 1.65. The predicted molar refractivity (Wildman–Crippen MR) is 111 cm³/mol. The molecule has 2 aromatic rings. The number of hydrogen-bond acceptors (Lipinski definition) is 4. The number of nitrogens with one attached hydrogen (secondary N) is 2. The lowest BCUT2D eigenvalue weighted by atomic mass is 9.88. The third kappa shape index (κ3) is 5.91. The molecule has 0 bridgehead atoms. The summed E-state index contributed by atoms with van der Waals surface area (Å²) in [6.45, 7) is 1.67. The van der Waals surface area contributed by atoms with Crippen LogP contribution < -0.4 is 15.4 Å². The molecule has 0 saturated heterocycles. The van der Waals surface area contributed by atoms with Gasteiger partial charge in [-0.2, -0.15) is 0 Å². The molecule has 2 amide bonds. The van der Waals surface area contributed by atoms with E-state index in [4.69, 9.17) is 4.74 Å². The summed E-state index contributed by atoms with van der Waals surface area (Å²) in [5.74, 6) is -0.265.